The van der Waals surface area contributed by atoms with Crippen LogP contribution in [0.4, 0.5) is 0 Å². The first-order chi connectivity index (χ1) is 36.2. The molecule has 0 saturated heterocycles. The van der Waals surface area contributed by atoms with Crippen LogP contribution in [0.15, 0.2) is 131 Å². The van der Waals surface area contributed by atoms with Gasteiger partial charge in [0, 0.05) is 53.9 Å². The largest absolute Gasteiger partial charge is 0.495 e. The Morgan fingerprint density at radius 2 is 0.961 bits per heavy atom. The fourth-order valence-electron chi connectivity index (χ4n) is 9.26. The number of ketones is 1. The summed E-state index contributed by atoms with van der Waals surface area (Å²) in [6.07, 6.45) is 3.45. The fraction of sp³-hybridized carbons (Fsp3) is 0.200. The van der Waals surface area contributed by atoms with Crippen LogP contribution in [0.25, 0.3) is 21.8 Å². The molecular weight excluding hydrogens is 1020 g/mol. The molecule has 3 N–H and O–H groups in total. The van der Waals surface area contributed by atoms with Crippen molar-refractivity contribution in [2.24, 2.45) is 14.1 Å². The number of fused-ring (bicyclic) bond motifs is 4. The monoisotopic (exact) mass is 1070 g/mol. The molecule has 0 bridgehead atoms. The molecule has 2 aliphatic rings. The molecule has 19 nitrogen and oxygen atoms in total. The van der Waals surface area contributed by atoms with Gasteiger partial charge in [-0.2, -0.15) is 0 Å². The standard InChI is InChI=1S/C28H26N2O7S.C27H24N2O8S/c1-16-5-10-26(25(11-16)35-4)38(33,34)29-28(32)27(19-7-9-23-24(13-19)37-15-36-23)21-14-30(3)22-12-18(17(2)31)6-8-20(21)22;1-15-4-9-24(23(10-15)35-3)38(33,34)28-26(30)25(16-6-8-21-22(12-16)37-14-36-21)19-13-29(2)20-11-17(27(31)32)5-7-18(19)20/h5-14,27H,15H2,1-4H3,(H,29,32);4-13,25H,14H2,1-3H3,(H,28,30)(H,31,32). The van der Waals surface area contributed by atoms with E-state index in [4.69, 9.17) is 28.4 Å². The van der Waals surface area contributed by atoms with Crippen LogP contribution < -0.4 is 37.9 Å². The first-order valence-electron chi connectivity index (χ1n) is 23.3. The minimum atomic E-state index is -4.32. The van der Waals surface area contributed by atoms with Crippen LogP contribution in [-0.2, 0) is 43.7 Å². The molecule has 76 heavy (non-hydrogen) atoms. The second-order valence-electron chi connectivity index (χ2n) is 18.1. The predicted octanol–water partition coefficient (Wildman–Crippen LogP) is 7.62. The van der Waals surface area contributed by atoms with Gasteiger partial charge in [-0.3, -0.25) is 14.4 Å². The Morgan fingerprint density at radius 3 is 1.37 bits per heavy atom. The van der Waals surface area contributed by atoms with Crippen molar-refractivity contribution in [3.63, 3.8) is 0 Å². The lowest BCUT2D eigenvalue weighted by molar-refractivity contribution is -0.120. The third-order valence-corrected chi connectivity index (χ3v) is 15.8. The maximum absolute atomic E-state index is 13.9. The van der Waals surface area contributed by atoms with Crippen molar-refractivity contribution in [3.05, 3.63) is 166 Å². The van der Waals surface area contributed by atoms with E-state index in [0.717, 1.165) is 16.6 Å². The Labute approximate surface area is 436 Å². The number of carboxylic acids is 1. The number of methoxy groups -OCH3 is 2. The van der Waals surface area contributed by atoms with Crippen molar-refractivity contribution >= 4 is 65.4 Å². The minimum Gasteiger partial charge on any atom is -0.495 e. The van der Waals surface area contributed by atoms with E-state index < -0.39 is 49.7 Å². The lowest BCUT2D eigenvalue weighted by Crippen LogP contribution is -2.35. The van der Waals surface area contributed by atoms with E-state index >= 15 is 0 Å². The highest BCUT2D eigenvalue weighted by molar-refractivity contribution is 7.90. The summed E-state index contributed by atoms with van der Waals surface area (Å²) < 4.78 is 93.8. The molecule has 2 atom stereocenters. The Kier molecular flexibility index (Phi) is 14.0. The number of amides is 2. The average molecular weight is 1070 g/mol. The molecular formula is C55H50N4O15S2. The number of hydrogen-bond donors (Lipinski definition) is 3. The predicted molar refractivity (Wildman–Crippen MR) is 278 cm³/mol. The summed E-state index contributed by atoms with van der Waals surface area (Å²) in [4.78, 5) is 50.9. The Bertz CT molecular complexity index is 3670. The van der Waals surface area contributed by atoms with Crippen LogP contribution >= 0.6 is 0 Å². The van der Waals surface area contributed by atoms with Gasteiger partial charge in [-0.1, -0.05) is 42.5 Å². The molecule has 0 spiro atoms. The molecule has 0 radical (unpaired) electrons. The van der Waals surface area contributed by atoms with Gasteiger partial charge >= 0.3 is 5.97 Å². The van der Waals surface area contributed by atoms with E-state index in [1.165, 1.54) is 45.4 Å². The maximum atomic E-state index is 13.9. The van der Waals surface area contributed by atoms with E-state index in [2.05, 4.69) is 9.44 Å². The minimum absolute atomic E-state index is 0.0312. The number of Topliss-reactive ketones (excluding diaryl/α,β-unsaturated/α-hetero) is 1. The number of sulfonamides is 2. The number of aromatic nitrogens is 2. The van der Waals surface area contributed by atoms with E-state index in [1.807, 2.05) is 11.5 Å². The van der Waals surface area contributed by atoms with Gasteiger partial charge in [-0.15, -0.1) is 0 Å². The zero-order chi connectivity index (χ0) is 54.4. The van der Waals surface area contributed by atoms with Crippen LogP contribution in [0.3, 0.4) is 0 Å². The molecule has 8 aromatic rings. The fourth-order valence-corrected chi connectivity index (χ4v) is 11.6. The highest BCUT2D eigenvalue weighted by Gasteiger charge is 2.35. The molecule has 2 aliphatic heterocycles. The lowest BCUT2D eigenvalue weighted by atomic mass is 9.90. The van der Waals surface area contributed by atoms with Gasteiger partial charge < -0.3 is 42.7 Å². The second-order valence-corrected chi connectivity index (χ2v) is 21.4. The number of aryl methyl sites for hydroxylation is 4. The highest BCUT2D eigenvalue weighted by atomic mass is 32.2. The number of carboxylic acid groups (broad SMARTS) is 1. The number of rotatable bonds is 14. The van der Waals surface area contributed by atoms with Crippen molar-refractivity contribution in [2.45, 2.75) is 42.4 Å². The Hall–Kier alpha value is -8.82. The average Bonchev–Trinajstić information content (AvgIpc) is 4.19. The number of nitrogens with one attached hydrogen (secondary N) is 2. The van der Waals surface area contributed by atoms with Crippen molar-refractivity contribution in [1.82, 2.24) is 18.6 Å². The molecule has 21 heteroatoms. The zero-order valence-corrected chi connectivity index (χ0v) is 43.6. The summed E-state index contributed by atoms with van der Waals surface area (Å²) in [7, 11) is -2.36. The molecule has 4 heterocycles. The molecule has 2 unspecified atom stereocenters. The van der Waals surface area contributed by atoms with Gasteiger partial charge in [0.25, 0.3) is 20.0 Å². The van der Waals surface area contributed by atoms with Gasteiger partial charge in [0.1, 0.15) is 21.3 Å². The van der Waals surface area contributed by atoms with Crippen LogP contribution in [0, 0.1) is 13.8 Å². The summed E-state index contributed by atoms with van der Waals surface area (Å²) in [5.41, 5.74) is 5.56. The molecule has 0 aliphatic carbocycles. The zero-order valence-electron chi connectivity index (χ0n) is 42.0. The van der Waals surface area contributed by atoms with Crippen molar-refractivity contribution < 1.29 is 69.5 Å². The van der Waals surface area contributed by atoms with Crippen molar-refractivity contribution in [2.75, 3.05) is 27.8 Å². The van der Waals surface area contributed by atoms with Gasteiger partial charge in [0.15, 0.2) is 28.8 Å². The quantitative estimate of drug-likeness (QED) is 0.0887. The van der Waals surface area contributed by atoms with E-state index in [9.17, 15) is 41.1 Å². The number of carbonyl (C=O) groups excluding carboxylic acids is 3. The van der Waals surface area contributed by atoms with Gasteiger partial charge in [-0.25, -0.2) is 31.1 Å². The van der Waals surface area contributed by atoms with E-state index in [-0.39, 0.29) is 46.2 Å². The van der Waals surface area contributed by atoms with Crippen LogP contribution in [0.2, 0.25) is 0 Å². The maximum Gasteiger partial charge on any atom is 0.335 e. The second kappa shape index (κ2) is 20.5. The molecule has 10 rings (SSSR count). The molecule has 0 fully saturated rings. The number of carbonyl (C=O) groups is 4. The Balaban J connectivity index is 0.000000186. The SMILES string of the molecule is COc1cc(C)ccc1S(=O)(=O)NC(=O)C(c1ccc2c(c1)OCO2)c1cn(C)c2cc(C(=O)O)ccc12.COc1cc(C)ccc1S(=O)(=O)NC(=O)C(c1ccc2c(c1)OCO2)c1cn(C)c2cc(C(C)=O)ccc12. The lowest BCUT2D eigenvalue weighted by Gasteiger charge is -2.19. The highest BCUT2D eigenvalue weighted by Crippen LogP contribution is 2.41. The van der Waals surface area contributed by atoms with Crippen LogP contribution in [0.5, 0.6) is 34.5 Å². The van der Waals surface area contributed by atoms with E-state index in [0.29, 0.717) is 67.1 Å². The third kappa shape index (κ3) is 10.1. The summed E-state index contributed by atoms with van der Waals surface area (Å²) in [6, 6.07) is 29.0. The molecule has 2 aromatic heterocycles. The molecule has 2 amide bonds. The summed E-state index contributed by atoms with van der Waals surface area (Å²) in [5.74, 6) is -2.67. The Morgan fingerprint density at radius 1 is 0.553 bits per heavy atom. The topological polar surface area (TPSA) is 246 Å². The number of nitrogens with zero attached hydrogens (tertiary/aromatic N) is 2. The first kappa shape index (κ1) is 52.1. The molecule has 392 valence electrons. The number of ether oxygens (including phenoxy) is 6. The van der Waals surface area contributed by atoms with Crippen molar-refractivity contribution in [3.8, 4) is 34.5 Å². The third-order valence-electron chi connectivity index (χ3n) is 13.0. The summed E-state index contributed by atoms with van der Waals surface area (Å²) >= 11 is 0. The van der Waals surface area contributed by atoms with Gasteiger partial charge in [0.2, 0.25) is 25.4 Å². The smallest absolute Gasteiger partial charge is 0.335 e. The van der Waals surface area contributed by atoms with Gasteiger partial charge in [0.05, 0.1) is 31.6 Å². The van der Waals surface area contributed by atoms with Crippen LogP contribution in [-0.4, -0.2) is 82.4 Å². The summed E-state index contributed by atoms with van der Waals surface area (Å²) in [6.45, 7) is 5.18. The van der Waals surface area contributed by atoms with E-state index in [1.54, 1.807) is 123 Å². The van der Waals surface area contributed by atoms with Crippen LogP contribution in [0.1, 0.15) is 72.9 Å². The number of aromatic carboxylic acids is 1. The normalized spacial score (nSPS) is 13.4. The number of benzene rings is 6. The molecule has 0 saturated carbocycles. The van der Waals surface area contributed by atoms with Gasteiger partial charge in [-0.05, 0) is 121 Å². The summed E-state index contributed by atoms with van der Waals surface area (Å²) in [5, 5.41) is 10.7. The van der Waals surface area contributed by atoms with Crippen molar-refractivity contribution in [1.29, 1.82) is 0 Å². The number of hydrogen-bond acceptors (Lipinski definition) is 14. The first-order valence-corrected chi connectivity index (χ1v) is 26.3. The molecule has 6 aromatic carbocycles.